The number of hydrogen-bond acceptors (Lipinski definition) is 2. The zero-order chi connectivity index (χ0) is 8.48. The Hall–Kier alpha value is -0.290. The standard InChI is InChI=1S/C6H10F3NO/c1-4-2-5(3-10-4)11-6(7,8)9/h4-5,10H,2-3H2,1H3/t4-,5-/m0/s1. The Labute approximate surface area is 62.7 Å². The summed E-state index contributed by atoms with van der Waals surface area (Å²) in [7, 11) is 0. The van der Waals surface area contributed by atoms with Gasteiger partial charge in [-0.15, -0.1) is 13.2 Å². The van der Waals surface area contributed by atoms with Crippen LogP contribution in [-0.2, 0) is 4.74 Å². The Kier molecular flexibility index (Phi) is 2.39. The Bertz CT molecular complexity index is 136. The van der Waals surface area contributed by atoms with Gasteiger partial charge in [0, 0.05) is 12.6 Å². The molecule has 1 heterocycles. The van der Waals surface area contributed by atoms with E-state index in [1.807, 2.05) is 6.92 Å². The van der Waals surface area contributed by atoms with Crippen LogP contribution in [0.15, 0.2) is 0 Å². The minimum atomic E-state index is -4.49. The largest absolute Gasteiger partial charge is 0.522 e. The fourth-order valence-electron chi connectivity index (χ4n) is 1.17. The number of hydrogen-bond donors (Lipinski definition) is 1. The number of ether oxygens (including phenoxy) is 1. The molecule has 1 rings (SSSR count). The summed E-state index contributed by atoms with van der Waals surface area (Å²) in [4.78, 5) is 0. The first-order valence-corrected chi connectivity index (χ1v) is 3.45. The maximum atomic E-state index is 11.6. The highest BCUT2D eigenvalue weighted by Gasteiger charge is 2.35. The molecule has 1 saturated heterocycles. The Morgan fingerprint density at radius 1 is 1.45 bits per heavy atom. The quantitative estimate of drug-likeness (QED) is 0.638. The molecule has 0 aliphatic carbocycles. The van der Waals surface area contributed by atoms with Crippen molar-refractivity contribution in [1.29, 1.82) is 0 Å². The minimum absolute atomic E-state index is 0.127. The van der Waals surface area contributed by atoms with Crippen molar-refractivity contribution in [2.45, 2.75) is 31.9 Å². The van der Waals surface area contributed by atoms with E-state index in [2.05, 4.69) is 10.1 Å². The molecule has 1 fully saturated rings. The van der Waals surface area contributed by atoms with Crippen molar-refractivity contribution in [3.8, 4) is 0 Å². The monoisotopic (exact) mass is 169 g/mol. The molecule has 1 aliphatic rings. The van der Waals surface area contributed by atoms with E-state index in [1.54, 1.807) is 0 Å². The Morgan fingerprint density at radius 2 is 2.09 bits per heavy atom. The van der Waals surface area contributed by atoms with E-state index < -0.39 is 12.5 Å². The van der Waals surface area contributed by atoms with Gasteiger partial charge in [-0.25, -0.2) is 0 Å². The van der Waals surface area contributed by atoms with Gasteiger partial charge in [-0.05, 0) is 13.3 Å². The molecule has 0 unspecified atom stereocenters. The summed E-state index contributed by atoms with van der Waals surface area (Å²) in [5.41, 5.74) is 0. The van der Waals surface area contributed by atoms with Crippen molar-refractivity contribution in [2.75, 3.05) is 6.54 Å². The first kappa shape index (κ1) is 8.80. The molecular formula is C6H10F3NO. The molecule has 0 aromatic carbocycles. The van der Waals surface area contributed by atoms with Crippen LogP contribution in [0.1, 0.15) is 13.3 Å². The van der Waals surface area contributed by atoms with Crippen LogP contribution in [0.25, 0.3) is 0 Å². The van der Waals surface area contributed by atoms with E-state index in [9.17, 15) is 13.2 Å². The molecule has 0 radical (unpaired) electrons. The van der Waals surface area contributed by atoms with Gasteiger partial charge in [0.1, 0.15) is 0 Å². The van der Waals surface area contributed by atoms with E-state index in [-0.39, 0.29) is 6.04 Å². The maximum absolute atomic E-state index is 11.6. The lowest BCUT2D eigenvalue weighted by atomic mass is 10.2. The third-order valence-corrected chi connectivity index (χ3v) is 1.61. The van der Waals surface area contributed by atoms with Gasteiger partial charge in [0.05, 0.1) is 6.10 Å². The van der Waals surface area contributed by atoms with Gasteiger partial charge in [0.2, 0.25) is 0 Å². The van der Waals surface area contributed by atoms with Gasteiger partial charge in [0.15, 0.2) is 0 Å². The first-order valence-electron chi connectivity index (χ1n) is 3.45. The first-order chi connectivity index (χ1) is 4.97. The van der Waals surface area contributed by atoms with Gasteiger partial charge in [-0.3, -0.25) is 4.74 Å². The second-order valence-corrected chi connectivity index (χ2v) is 2.73. The maximum Gasteiger partial charge on any atom is 0.522 e. The lowest BCUT2D eigenvalue weighted by Crippen LogP contribution is -2.25. The van der Waals surface area contributed by atoms with Crippen LogP contribution in [0.4, 0.5) is 13.2 Å². The number of rotatable bonds is 1. The number of halogens is 3. The van der Waals surface area contributed by atoms with Crippen LogP contribution in [0.3, 0.4) is 0 Å². The van der Waals surface area contributed by atoms with Gasteiger partial charge in [0.25, 0.3) is 0 Å². The highest BCUT2D eigenvalue weighted by atomic mass is 19.4. The summed E-state index contributed by atoms with van der Waals surface area (Å²) in [6.45, 7) is 2.13. The smallest absolute Gasteiger partial charge is 0.312 e. The van der Waals surface area contributed by atoms with Crippen LogP contribution in [0.2, 0.25) is 0 Å². The summed E-state index contributed by atoms with van der Waals surface area (Å²) in [5.74, 6) is 0. The van der Waals surface area contributed by atoms with Crippen molar-refractivity contribution in [1.82, 2.24) is 5.32 Å². The fraction of sp³-hybridized carbons (Fsp3) is 1.00. The molecule has 0 aromatic rings. The third-order valence-electron chi connectivity index (χ3n) is 1.61. The summed E-state index contributed by atoms with van der Waals surface area (Å²) < 4.78 is 38.6. The Balaban J connectivity index is 2.29. The summed E-state index contributed by atoms with van der Waals surface area (Å²) in [5, 5.41) is 2.87. The third kappa shape index (κ3) is 3.07. The molecule has 0 amide bonds. The van der Waals surface area contributed by atoms with Gasteiger partial charge in [-0.2, -0.15) is 0 Å². The second-order valence-electron chi connectivity index (χ2n) is 2.73. The van der Waals surface area contributed by atoms with E-state index in [1.165, 1.54) is 0 Å². The predicted octanol–water partition coefficient (Wildman–Crippen LogP) is 1.27. The van der Waals surface area contributed by atoms with Gasteiger partial charge >= 0.3 is 6.36 Å². The lowest BCUT2D eigenvalue weighted by molar-refractivity contribution is -0.340. The fourth-order valence-corrected chi connectivity index (χ4v) is 1.17. The SMILES string of the molecule is C[C@H]1C[C@H](OC(F)(F)F)CN1. The van der Waals surface area contributed by atoms with E-state index in [0.29, 0.717) is 13.0 Å². The zero-order valence-corrected chi connectivity index (χ0v) is 6.11. The van der Waals surface area contributed by atoms with Crippen LogP contribution in [0, 0.1) is 0 Å². The molecule has 66 valence electrons. The molecule has 0 bridgehead atoms. The summed E-state index contributed by atoms with van der Waals surface area (Å²) in [6.07, 6.45) is -4.76. The van der Waals surface area contributed by atoms with Crippen molar-refractivity contribution in [2.24, 2.45) is 0 Å². The highest BCUT2D eigenvalue weighted by molar-refractivity contribution is 4.78. The van der Waals surface area contributed by atoms with Crippen LogP contribution < -0.4 is 5.32 Å². The van der Waals surface area contributed by atoms with Gasteiger partial charge < -0.3 is 5.32 Å². The second kappa shape index (κ2) is 2.98. The molecule has 11 heavy (non-hydrogen) atoms. The molecule has 0 spiro atoms. The minimum Gasteiger partial charge on any atom is -0.312 e. The molecule has 2 atom stereocenters. The summed E-state index contributed by atoms with van der Waals surface area (Å²) >= 11 is 0. The molecule has 5 heteroatoms. The average Bonchev–Trinajstić information content (AvgIpc) is 2.10. The van der Waals surface area contributed by atoms with Crippen LogP contribution in [0.5, 0.6) is 0 Å². The topological polar surface area (TPSA) is 21.3 Å². The van der Waals surface area contributed by atoms with E-state index in [0.717, 1.165) is 0 Å². The molecule has 1 N–H and O–H groups in total. The van der Waals surface area contributed by atoms with Gasteiger partial charge in [-0.1, -0.05) is 0 Å². The average molecular weight is 169 g/mol. The highest BCUT2D eigenvalue weighted by Crippen LogP contribution is 2.22. The van der Waals surface area contributed by atoms with Crippen molar-refractivity contribution < 1.29 is 17.9 Å². The van der Waals surface area contributed by atoms with E-state index >= 15 is 0 Å². The van der Waals surface area contributed by atoms with E-state index in [4.69, 9.17) is 0 Å². The molecule has 0 saturated carbocycles. The molecule has 2 nitrogen and oxygen atoms in total. The number of alkyl halides is 3. The molecular weight excluding hydrogens is 159 g/mol. The normalized spacial score (nSPS) is 32.7. The predicted molar refractivity (Wildman–Crippen MR) is 33.0 cm³/mol. The number of nitrogens with one attached hydrogen (secondary N) is 1. The zero-order valence-electron chi connectivity index (χ0n) is 6.11. The molecule has 1 aliphatic heterocycles. The molecule has 0 aromatic heterocycles. The lowest BCUT2D eigenvalue weighted by Gasteiger charge is -2.12. The summed E-state index contributed by atoms with van der Waals surface area (Å²) in [6, 6.07) is 0.127. The van der Waals surface area contributed by atoms with Crippen LogP contribution in [-0.4, -0.2) is 25.1 Å². The van der Waals surface area contributed by atoms with Crippen molar-refractivity contribution >= 4 is 0 Å². The van der Waals surface area contributed by atoms with Crippen molar-refractivity contribution in [3.63, 3.8) is 0 Å². The van der Waals surface area contributed by atoms with Crippen LogP contribution >= 0.6 is 0 Å². The van der Waals surface area contributed by atoms with Crippen molar-refractivity contribution in [3.05, 3.63) is 0 Å². The Morgan fingerprint density at radius 3 is 2.45 bits per heavy atom.